The highest BCUT2D eigenvalue weighted by Gasteiger charge is 2.30. The van der Waals surface area contributed by atoms with Gasteiger partial charge in [-0.3, -0.25) is 9.59 Å². The van der Waals surface area contributed by atoms with Gasteiger partial charge in [-0.05, 0) is 43.5 Å². The van der Waals surface area contributed by atoms with Crippen molar-refractivity contribution in [3.63, 3.8) is 0 Å². The molecular weight excluding hydrogens is 328 g/mol. The number of rotatable bonds is 8. The van der Waals surface area contributed by atoms with Gasteiger partial charge in [0.25, 0.3) is 0 Å². The number of hydrogen-bond acceptors (Lipinski definition) is 5. The summed E-state index contributed by atoms with van der Waals surface area (Å²) in [6.07, 6.45) is 1.74. The van der Waals surface area contributed by atoms with Crippen molar-refractivity contribution in [1.82, 2.24) is 5.32 Å². The average molecular weight is 350 g/mol. The number of fused-ring (bicyclic) bond motifs is 1. The van der Waals surface area contributed by atoms with Crippen LogP contribution < -0.4 is 15.4 Å². The molecule has 8 heteroatoms. The van der Waals surface area contributed by atoms with Crippen LogP contribution in [0.25, 0.3) is 0 Å². The van der Waals surface area contributed by atoms with Crippen LogP contribution in [0.15, 0.2) is 18.2 Å². The highest BCUT2D eigenvalue weighted by molar-refractivity contribution is 5.94. The van der Waals surface area contributed by atoms with Crippen molar-refractivity contribution >= 4 is 23.5 Å². The Bertz CT molecular complexity index is 671. The average Bonchev–Trinajstić information content (AvgIpc) is 2.57. The first-order chi connectivity index (χ1) is 11.8. The Morgan fingerprint density at radius 2 is 2.12 bits per heavy atom. The zero-order chi connectivity index (χ0) is 18.4. The van der Waals surface area contributed by atoms with E-state index in [-0.39, 0.29) is 24.8 Å². The number of carbonyl (C=O) groups excluding carboxylic acids is 2. The summed E-state index contributed by atoms with van der Waals surface area (Å²) in [7, 11) is 0. The normalized spacial score (nSPS) is 15.5. The van der Waals surface area contributed by atoms with Crippen LogP contribution >= 0.6 is 0 Å². The Balaban J connectivity index is 1.70. The fourth-order valence-corrected chi connectivity index (χ4v) is 2.31. The Labute approximate surface area is 145 Å². The van der Waals surface area contributed by atoms with E-state index in [1.807, 2.05) is 6.07 Å². The summed E-state index contributed by atoms with van der Waals surface area (Å²) >= 11 is 0. The minimum Gasteiger partial charge on any atom is -0.494 e. The molecule has 2 rings (SSSR count). The van der Waals surface area contributed by atoms with Crippen LogP contribution in [0.2, 0.25) is 0 Å². The molecule has 0 saturated carbocycles. The molecule has 1 aromatic rings. The van der Waals surface area contributed by atoms with E-state index in [0.717, 1.165) is 18.2 Å². The molecule has 1 aromatic carbocycles. The number of aryl methyl sites for hydroxylation is 1. The predicted octanol–water partition coefficient (Wildman–Crippen LogP) is 0.682. The number of carboxylic acid groups (broad SMARTS) is 1. The molecule has 136 valence electrons. The fourth-order valence-electron chi connectivity index (χ4n) is 2.31. The molecule has 8 nitrogen and oxygen atoms in total. The first-order valence-electron chi connectivity index (χ1n) is 8.06. The summed E-state index contributed by atoms with van der Waals surface area (Å²) in [5.74, 6) is -1.06. The van der Waals surface area contributed by atoms with Crippen LogP contribution in [0.3, 0.4) is 0 Å². The molecular formula is C17H22N2O6. The van der Waals surface area contributed by atoms with Crippen LogP contribution in [0.4, 0.5) is 5.69 Å². The Morgan fingerprint density at radius 3 is 2.84 bits per heavy atom. The van der Waals surface area contributed by atoms with Crippen molar-refractivity contribution in [2.75, 3.05) is 18.5 Å². The van der Waals surface area contributed by atoms with E-state index in [9.17, 15) is 19.5 Å². The Hall–Kier alpha value is -2.61. The Kier molecular flexibility index (Phi) is 5.97. The molecule has 4 N–H and O–H groups in total. The van der Waals surface area contributed by atoms with E-state index >= 15 is 0 Å². The van der Waals surface area contributed by atoms with Crippen LogP contribution in [-0.4, -0.2) is 46.7 Å². The van der Waals surface area contributed by atoms with Crippen molar-refractivity contribution in [2.45, 2.75) is 38.2 Å². The molecule has 0 aromatic heterocycles. The number of carbonyl (C=O) groups is 3. The summed E-state index contributed by atoms with van der Waals surface area (Å²) in [5, 5.41) is 23.4. The van der Waals surface area contributed by atoms with Gasteiger partial charge in [0.05, 0.1) is 13.2 Å². The molecule has 1 atom stereocenters. The Morgan fingerprint density at radius 1 is 1.36 bits per heavy atom. The van der Waals surface area contributed by atoms with E-state index in [1.54, 1.807) is 12.1 Å². The second-order valence-electron chi connectivity index (χ2n) is 6.17. The third kappa shape index (κ3) is 5.46. The highest BCUT2D eigenvalue weighted by atomic mass is 16.5. The fraction of sp³-hybridized carbons (Fsp3) is 0.471. The van der Waals surface area contributed by atoms with Gasteiger partial charge in [-0.2, -0.15) is 0 Å². The molecule has 1 heterocycles. The summed E-state index contributed by atoms with van der Waals surface area (Å²) in [4.78, 5) is 33.7. The van der Waals surface area contributed by atoms with Gasteiger partial charge in [-0.25, -0.2) is 4.79 Å². The molecule has 0 saturated heterocycles. The first kappa shape index (κ1) is 18.7. The van der Waals surface area contributed by atoms with Crippen LogP contribution in [0.5, 0.6) is 5.75 Å². The summed E-state index contributed by atoms with van der Waals surface area (Å²) in [5.41, 5.74) is -0.163. The molecule has 1 unspecified atom stereocenters. The highest BCUT2D eigenvalue weighted by Crippen LogP contribution is 2.26. The van der Waals surface area contributed by atoms with Crippen LogP contribution in [0, 0.1) is 0 Å². The van der Waals surface area contributed by atoms with Crippen molar-refractivity contribution in [3.8, 4) is 5.75 Å². The molecule has 0 bridgehead atoms. The van der Waals surface area contributed by atoms with Crippen LogP contribution in [0.1, 0.15) is 31.7 Å². The molecule has 1 aliphatic heterocycles. The van der Waals surface area contributed by atoms with E-state index in [1.165, 1.54) is 0 Å². The molecule has 0 radical (unpaired) electrons. The van der Waals surface area contributed by atoms with E-state index in [0.29, 0.717) is 31.6 Å². The van der Waals surface area contributed by atoms with E-state index < -0.39 is 11.6 Å². The van der Waals surface area contributed by atoms with Crippen molar-refractivity contribution < 1.29 is 29.3 Å². The van der Waals surface area contributed by atoms with Crippen molar-refractivity contribution in [3.05, 3.63) is 23.8 Å². The van der Waals surface area contributed by atoms with Gasteiger partial charge in [-0.1, -0.05) is 0 Å². The maximum absolute atomic E-state index is 11.6. The second kappa shape index (κ2) is 7.98. The lowest BCUT2D eigenvalue weighted by Gasteiger charge is -2.18. The second-order valence-corrected chi connectivity index (χ2v) is 6.17. The van der Waals surface area contributed by atoms with Gasteiger partial charge >= 0.3 is 5.97 Å². The SMILES string of the molecule is CC(O)(CNC(=O)CCCOc1ccc2c(c1)CCC(=O)N2)C(=O)O. The van der Waals surface area contributed by atoms with Gasteiger partial charge in [0.2, 0.25) is 11.8 Å². The molecule has 0 spiro atoms. The molecule has 25 heavy (non-hydrogen) atoms. The lowest BCUT2D eigenvalue weighted by atomic mass is 10.0. The van der Waals surface area contributed by atoms with E-state index in [4.69, 9.17) is 9.84 Å². The number of ether oxygens (including phenoxy) is 1. The number of amides is 2. The molecule has 0 fully saturated rings. The quantitative estimate of drug-likeness (QED) is 0.511. The lowest BCUT2D eigenvalue weighted by molar-refractivity contribution is -0.156. The largest absolute Gasteiger partial charge is 0.494 e. The van der Waals surface area contributed by atoms with Gasteiger partial charge in [0, 0.05) is 18.5 Å². The lowest BCUT2D eigenvalue weighted by Crippen LogP contribution is -2.46. The zero-order valence-electron chi connectivity index (χ0n) is 14.0. The number of anilines is 1. The summed E-state index contributed by atoms with van der Waals surface area (Å²) < 4.78 is 5.60. The van der Waals surface area contributed by atoms with Gasteiger partial charge < -0.3 is 25.6 Å². The van der Waals surface area contributed by atoms with Crippen LogP contribution in [-0.2, 0) is 20.8 Å². The molecule has 0 aliphatic carbocycles. The number of benzene rings is 1. The third-order valence-corrected chi connectivity index (χ3v) is 3.88. The molecule has 2 amide bonds. The smallest absolute Gasteiger partial charge is 0.337 e. The zero-order valence-corrected chi connectivity index (χ0v) is 14.0. The summed E-state index contributed by atoms with van der Waals surface area (Å²) in [6, 6.07) is 5.43. The maximum Gasteiger partial charge on any atom is 0.337 e. The standard InChI is InChI=1S/C17H22N2O6/c1-17(24,16(22)23)10-18-14(20)3-2-8-25-12-5-6-13-11(9-12)4-7-15(21)19-13/h5-6,9,24H,2-4,7-8,10H2,1H3,(H,18,20)(H,19,21)(H,22,23). The number of aliphatic carboxylic acids is 1. The monoisotopic (exact) mass is 350 g/mol. The first-order valence-corrected chi connectivity index (χ1v) is 8.06. The van der Waals surface area contributed by atoms with Crippen molar-refractivity contribution in [2.24, 2.45) is 0 Å². The number of nitrogens with one attached hydrogen (secondary N) is 2. The minimum atomic E-state index is -1.98. The van der Waals surface area contributed by atoms with E-state index in [2.05, 4.69) is 10.6 Å². The number of carboxylic acids is 1. The summed E-state index contributed by atoms with van der Waals surface area (Å²) in [6.45, 7) is 1.10. The number of aliphatic hydroxyl groups is 1. The number of hydrogen-bond donors (Lipinski definition) is 4. The van der Waals surface area contributed by atoms with Crippen molar-refractivity contribution in [1.29, 1.82) is 0 Å². The van der Waals surface area contributed by atoms with Gasteiger partial charge in [0.1, 0.15) is 5.75 Å². The third-order valence-electron chi connectivity index (χ3n) is 3.88. The molecule has 1 aliphatic rings. The topological polar surface area (TPSA) is 125 Å². The van der Waals surface area contributed by atoms with Gasteiger partial charge in [0.15, 0.2) is 5.60 Å². The minimum absolute atomic E-state index is 0.00839. The predicted molar refractivity (Wildman–Crippen MR) is 89.4 cm³/mol. The van der Waals surface area contributed by atoms with Gasteiger partial charge in [-0.15, -0.1) is 0 Å². The maximum atomic E-state index is 11.6.